The molecule has 9 rings (SSSR count). The van der Waals surface area contributed by atoms with Crippen LogP contribution in [0.4, 0.5) is 0 Å². The maximum Gasteiger partial charge on any atom is 0.330 e. The molecule has 6 aromatic rings. The van der Waals surface area contributed by atoms with Gasteiger partial charge in [0, 0.05) is 71.4 Å². The number of aromatic nitrogens is 5. The van der Waals surface area contributed by atoms with Crippen LogP contribution in [0.1, 0.15) is 137 Å². The number of benzene rings is 3. The lowest BCUT2D eigenvalue weighted by atomic mass is 9.72. The van der Waals surface area contributed by atoms with Crippen molar-refractivity contribution in [1.82, 2.24) is 44.9 Å². The fourth-order valence-electron chi connectivity index (χ4n) is 11.8. The summed E-state index contributed by atoms with van der Waals surface area (Å²) in [7, 11) is 0. The normalized spacial score (nSPS) is 19.9. The van der Waals surface area contributed by atoms with Gasteiger partial charge in [-0.25, -0.2) is 14.6 Å². The van der Waals surface area contributed by atoms with Gasteiger partial charge in [-0.05, 0) is 100 Å². The molecule has 0 spiro atoms. The number of aromatic amines is 2. The number of pyridine rings is 1. The van der Waals surface area contributed by atoms with Gasteiger partial charge in [-0.15, -0.1) is 0 Å². The minimum atomic E-state index is -1.30. The average Bonchev–Trinajstić information content (AvgIpc) is 0.993. The molecule has 3 aliphatic rings. The second-order valence-electron chi connectivity index (χ2n) is 24.5. The smallest absolute Gasteiger partial charge is 0.330 e. The van der Waals surface area contributed by atoms with E-state index in [0.717, 1.165) is 47.9 Å². The van der Waals surface area contributed by atoms with E-state index in [9.17, 15) is 43.5 Å². The van der Waals surface area contributed by atoms with Gasteiger partial charge in [0.05, 0.1) is 48.9 Å². The number of aliphatic hydroxyl groups excluding tert-OH is 2. The van der Waals surface area contributed by atoms with E-state index in [4.69, 9.17) is 25.8 Å². The van der Waals surface area contributed by atoms with Crippen LogP contribution in [-0.4, -0.2) is 131 Å². The zero-order valence-electron chi connectivity index (χ0n) is 52.2. The molecule has 482 valence electrons. The number of hydrogen-bond acceptors (Lipinski definition) is 15. The summed E-state index contributed by atoms with van der Waals surface area (Å²) in [5.74, 6) is -1.17. The number of aliphatic hydroxyl groups is 2. The number of fused-ring (bicyclic) bond motifs is 2. The first-order valence-corrected chi connectivity index (χ1v) is 30.6. The summed E-state index contributed by atoms with van der Waals surface area (Å²) in [6.07, 6.45) is 4.89. The molecule has 25 nitrogen and oxygen atoms in total. The highest BCUT2D eigenvalue weighted by atomic mass is 16.5. The number of β-amino-alcohol motifs (C(OH)–C–C–N with tert-alkyl or cyclic N) is 1. The van der Waals surface area contributed by atoms with E-state index in [0.29, 0.717) is 48.1 Å². The van der Waals surface area contributed by atoms with Gasteiger partial charge >= 0.3 is 11.4 Å². The Bertz CT molecular complexity index is 3710. The molecule has 0 radical (unpaired) electrons. The van der Waals surface area contributed by atoms with Crippen molar-refractivity contribution < 1.29 is 38.9 Å². The van der Waals surface area contributed by atoms with E-state index in [1.54, 1.807) is 25.1 Å². The van der Waals surface area contributed by atoms with Crippen LogP contribution in [-0.2, 0) is 43.4 Å². The molecule has 3 fully saturated rings. The quantitative estimate of drug-likeness (QED) is 0.0263. The zero-order chi connectivity index (χ0) is 65.2. The number of hydrogen-bond donors (Lipinski definition) is 8. The van der Waals surface area contributed by atoms with Gasteiger partial charge in [0.15, 0.2) is 0 Å². The number of H-pyrrole nitrogens is 2. The Hall–Kier alpha value is -8.58. The summed E-state index contributed by atoms with van der Waals surface area (Å²) >= 11 is 0. The summed E-state index contributed by atoms with van der Waals surface area (Å²) in [6.45, 7) is 14.4. The highest BCUT2D eigenvalue weighted by Crippen LogP contribution is 2.39. The van der Waals surface area contributed by atoms with Gasteiger partial charge in [0.25, 0.3) is 17.0 Å². The summed E-state index contributed by atoms with van der Waals surface area (Å²) < 4.78 is 13.6. The number of ether oxygens (including phenoxy) is 2. The van der Waals surface area contributed by atoms with Crippen molar-refractivity contribution in [3.8, 4) is 0 Å². The fraction of sp³-hybridized carbons (Fsp3) is 0.492. The molecule has 3 aromatic heterocycles. The summed E-state index contributed by atoms with van der Waals surface area (Å²) in [4.78, 5) is 114. The molecular formula is C65H85N13O12. The second kappa shape index (κ2) is 32.2. The summed E-state index contributed by atoms with van der Waals surface area (Å²) in [5, 5.41) is 34.1. The summed E-state index contributed by atoms with van der Waals surface area (Å²) in [5.41, 5.74) is 16.2. The van der Waals surface area contributed by atoms with Crippen molar-refractivity contribution in [3.63, 3.8) is 0 Å². The highest BCUT2D eigenvalue weighted by Gasteiger charge is 2.42. The van der Waals surface area contributed by atoms with E-state index < -0.39 is 89.2 Å². The minimum Gasteiger partial charge on any atom is -0.394 e. The number of rotatable bonds is 21. The monoisotopic (exact) mass is 1240 g/mol. The fourth-order valence-corrected chi connectivity index (χ4v) is 11.8. The van der Waals surface area contributed by atoms with E-state index in [1.165, 1.54) is 21.8 Å². The van der Waals surface area contributed by atoms with Crippen LogP contribution in [0.15, 0.2) is 128 Å². The van der Waals surface area contributed by atoms with Crippen molar-refractivity contribution in [1.29, 1.82) is 0 Å². The Kier molecular flexibility index (Phi) is 24.7. The molecule has 0 unspecified atom stereocenters. The third-order valence-corrected chi connectivity index (χ3v) is 16.3. The Morgan fingerprint density at radius 2 is 1.53 bits per heavy atom. The van der Waals surface area contributed by atoms with Crippen molar-refractivity contribution in [2.24, 2.45) is 22.7 Å². The molecule has 2 aliphatic heterocycles. The number of likely N-dealkylation sites (tertiary alicyclic amines) is 1. The number of nitrogens with two attached hydrogens (primary N) is 1. The second-order valence-corrected chi connectivity index (χ2v) is 24.5. The van der Waals surface area contributed by atoms with Gasteiger partial charge in [0.1, 0.15) is 24.7 Å². The number of piperidine rings is 1. The molecule has 2 saturated heterocycles. The maximum atomic E-state index is 13.8. The Balaban J connectivity index is 0.000000230. The number of carbonyl (C=O) groups is 4. The number of primary amides is 1. The van der Waals surface area contributed by atoms with E-state index in [2.05, 4.69) is 45.8 Å². The van der Waals surface area contributed by atoms with Crippen LogP contribution < -0.4 is 44.2 Å². The predicted molar refractivity (Wildman–Crippen MR) is 339 cm³/mol. The number of amides is 4. The number of carbonyl (C=O) groups excluding carboxylic acids is 4. The first kappa shape index (κ1) is 68.9. The predicted octanol–water partition coefficient (Wildman–Crippen LogP) is 5.14. The Morgan fingerprint density at radius 1 is 0.878 bits per heavy atom. The SMILES string of the molecule is CC(C)(C)NC(=O)[C@@H]1C[C@@H]2CCCC[C@@H]2CN1C[C@@H](O)[C@H](Cc1ccccc1)NC(=O)[C@H](CC(N)=O)NC(=O)c1ccc2ccccc2n1.CCOCn1c(Cc2ccccc2)c(C(C)C)c(=O)[nH]c1=O.Cc1cn([C@H]2C[C@H](N=[N+]=[N-])[C@@H](CO)O2)c(=O)[nH]c1=O. The van der Waals surface area contributed by atoms with E-state index in [1.807, 2.05) is 120 Å². The molecule has 90 heavy (non-hydrogen) atoms. The van der Waals surface area contributed by atoms with E-state index in [-0.39, 0.29) is 55.8 Å². The Morgan fingerprint density at radius 3 is 2.18 bits per heavy atom. The van der Waals surface area contributed by atoms with Crippen LogP contribution in [0.3, 0.4) is 0 Å². The molecule has 3 aromatic carbocycles. The standard InChI is InChI=1S/C38H50N6O5.C17H22N2O3.C10H13N5O4/c1-38(2,3)43-37(49)32-20-26-14-7-8-15-27(26)22-44(32)23-33(45)30(19-24-11-5-4-6-12-24)41-36(48)31(21-34(39)46)42-35(47)29-18-17-25-13-9-10-16-28(25)40-29;1-4-22-11-19-14(10-13-8-6-5-7-9-13)15(12(2)3)16(20)18-17(19)21;1-5-3-15(10(18)12-9(5)17)8-2-6(13-14-11)7(4-16)19-8/h4-6,9-13,16-18,26-27,30-33,45H,7-8,14-15,19-23H2,1-3H3,(H2,39,46)(H,41,48)(H,42,47)(H,43,49);5-9,12H,4,10-11H2,1-3H3,(H,18,20,21);3,6-8,16H,2,4H2,1H3,(H,12,17,18)/t26-,27+,30-,31-,32-,33+;;6-,7+,8+/m0.0/s1. The van der Waals surface area contributed by atoms with Crippen molar-refractivity contribution in [3.05, 3.63) is 189 Å². The van der Waals surface area contributed by atoms with Gasteiger partial charge in [-0.1, -0.05) is 123 Å². The Labute approximate surface area is 521 Å². The van der Waals surface area contributed by atoms with Crippen molar-refractivity contribution in [2.45, 2.75) is 167 Å². The van der Waals surface area contributed by atoms with Gasteiger partial charge in [-0.3, -0.25) is 52.8 Å². The van der Waals surface area contributed by atoms with Crippen LogP contribution in [0.5, 0.6) is 0 Å². The average molecular weight is 1240 g/mol. The van der Waals surface area contributed by atoms with Gasteiger partial charge < -0.3 is 41.4 Å². The van der Waals surface area contributed by atoms with Crippen LogP contribution in [0.2, 0.25) is 0 Å². The number of nitrogens with one attached hydrogen (secondary N) is 5. The molecule has 1 aliphatic carbocycles. The number of azide groups is 1. The lowest BCUT2D eigenvalue weighted by Crippen LogP contribution is -2.61. The maximum absolute atomic E-state index is 13.8. The third-order valence-electron chi connectivity index (χ3n) is 16.3. The lowest BCUT2D eigenvalue weighted by Gasteiger charge is -2.47. The molecule has 9 atom stereocenters. The molecular weight excluding hydrogens is 1150 g/mol. The molecule has 0 bridgehead atoms. The zero-order valence-corrected chi connectivity index (χ0v) is 52.2. The molecule has 1 saturated carbocycles. The topological polar surface area (TPSA) is 364 Å². The number of nitrogens with zero attached hydrogens (tertiary/aromatic N) is 7. The third kappa shape index (κ3) is 19.0. The van der Waals surface area contributed by atoms with Crippen LogP contribution >= 0.6 is 0 Å². The van der Waals surface area contributed by atoms with Crippen LogP contribution in [0.25, 0.3) is 21.3 Å². The first-order valence-electron chi connectivity index (χ1n) is 30.6. The van der Waals surface area contributed by atoms with Crippen molar-refractivity contribution in [2.75, 3.05) is 26.3 Å². The van der Waals surface area contributed by atoms with Crippen molar-refractivity contribution >= 4 is 34.5 Å². The largest absolute Gasteiger partial charge is 0.394 e. The molecule has 25 heteroatoms. The molecule has 5 heterocycles. The number of para-hydroxylation sites is 1. The molecule has 9 N–H and O–H groups in total. The van der Waals surface area contributed by atoms with E-state index >= 15 is 0 Å². The summed E-state index contributed by atoms with van der Waals surface area (Å²) in [6, 6.07) is 26.9. The highest BCUT2D eigenvalue weighted by molar-refractivity contribution is 5.99. The first-order chi connectivity index (χ1) is 43.0. The van der Waals surface area contributed by atoms with Gasteiger partial charge in [-0.2, -0.15) is 0 Å². The lowest BCUT2D eigenvalue weighted by molar-refractivity contribution is -0.133. The van der Waals surface area contributed by atoms with Crippen LogP contribution in [0, 0.1) is 18.8 Å². The molecule has 4 amide bonds. The minimum absolute atomic E-state index is 0.0240. The van der Waals surface area contributed by atoms with Gasteiger partial charge in [0.2, 0.25) is 17.7 Å². The number of aryl methyl sites for hydroxylation is 1.